The van der Waals surface area contributed by atoms with E-state index in [1.54, 1.807) is 7.11 Å². The molecule has 0 bridgehead atoms. The first-order valence-electron chi connectivity index (χ1n) is 4.59. The first-order chi connectivity index (χ1) is 6.72. The van der Waals surface area contributed by atoms with Crippen LogP contribution in [0.15, 0.2) is 18.2 Å². The Morgan fingerprint density at radius 3 is 2.43 bits per heavy atom. The fourth-order valence-electron chi connectivity index (χ4n) is 1.36. The third kappa shape index (κ3) is 2.25. The van der Waals surface area contributed by atoms with Gasteiger partial charge in [-0.15, -0.1) is 0 Å². The van der Waals surface area contributed by atoms with Crippen LogP contribution in [-0.4, -0.2) is 30.5 Å². The standard InChI is InChI=1S/C11H16O3/c1-8-3-4-9(5-11(8)14-2)10(6-12)7-13/h3-5,10,12-13H,6-7H2,1-2H3. The van der Waals surface area contributed by atoms with Gasteiger partial charge in [0.25, 0.3) is 0 Å². The summed E-state index contributed by atoms with van der Waals surface area (Å²) < 4.78 is 5.16. The molecule has 0 atom stereocenters. The van der Waals surface area contributed by atoms with Gasteiger partial charge >= 0.3 is 0 Å². The van der Waals surface area contributed by atoms with E-state index < -0.39 is 0 Å². The number of hydrogen-bond acceptors (Lipinski definition) is 3. The fraction of sp³-hybridized carbons (Fsp3) is 0.455. The number of ether oxygens (including phenoxy) is 1. The molecule has 0 fully saturated rings. The normalized spacial score (nSPS) is 10.6. The topological polar surface area (TPSA) is 49.7 Å². The molecule has 0 saturated carbocycles. The lowest BCUT2D eigenvalue weighted by atomic mass is 9.99. The van der Waals surface area contributed by atoms with E-state index in [2.05, 4.69) is 0 Å². The summed E-state index contributed by atoms with van der Waals surface area (Å²) in [4.78, 5) is 0. The van der Waals surface area contributed by atoms with E-state index in [0.29, 0.717) is 0 Å². The summed E-state index contributed by atoms with van der Waals surface area (Å²) in [5.41, 5.74) is 1.95. The molecule has 1 rings (SSSR count). The lowest BCUT2D eigenvalue weighted by Crippen LogP contribution is -2.09. The monoisotopic (exact) mass is 196 g/mol. The molecule has 14 heavy (non-hydrogen) atoms. The summed E-state index contributed by atoms with van der Waals surface area (Å²) in [6, 6.07) is 5.67. The maximum absolute atomic E-state index is 9.01. The van der Waals surface area contributed by atoms with Crippen LogP contribution >= 0.6 is 0 Å². The van der Waals surface area contributed by atoms with Crippen molar-refractivity contribution in [3.63, 3.8) is 0 Å². The summed E-state index contributed by atoms with van der Waals surface area (Å²) in [6.07, 6.45) is 0. The Morgan fingerprint density at radius 1 is 1.29 bits per heavy atom. The van der Waals surface area contributed by atoms with Crippen LogP contribution in [0.25, 0.3) is 0 Å². The Balaban J connectivity index is 2.98. The van der Waals surface area contributed by atoms with Gasteiger partial charge in [0.15, 0.2) is 0 Å². The van der Waals surface area contributed by atoms with E-state index in [-0.39, 0.29) is 19.1 Å². The number of aliphatic hydroxyl groups is 2. The van der Waals surface area contributed by atoms with E-state index >= 15 is 0 Å². The van der Waals surface area contributed by atoms with Gasteiger partial charge in [0.2, 0.25) is 0 Å². The molecule has 78 valence electrons. The van der Waals surface area contributed by atoms with Crippen molar-refractivity contribution in [1.29, 1.82) is 0 Å². The van der Waals surface area contributed by atoms with E-state index in [0.717, 1.165) is 16.9 Å². The molecule has 0 amide bonds. The second-order valence-corrected chi connectivity index (χ2v) is 3.29. The Kier molecular flexibility index (Phi) is 3.92. The lowest BCUT2D eigenvalue weighted by Gasteiger charge is -2.13. The third-order valence-electron chi connectivity index (χ3n) is 2.34. The van der Waals surface area contributed by atoms with Crippen LogP contribution in [0.5, 0.6) is 5.75 Å². The quantitative estimate of drug-likeness (QED) is 0.757. The molecule has 0 unspecified atom stereocenters. The van der Waals surface area contributed by atoms with Gasteiger partial charge in [0.1, 0.15) is 5.75 Å². The highest BCUT2D eigenvalue weighted by Gasteiger charge is 2.10. The van der Waals surface area contributed by atoms with E-state index in [4.69, 9.17) is 14.9 Å². The Morgan fingerprint density at radius 2 is 1.93 bits per heavy atom. The minimum atomic E-state index is -0.218. The molecule has 3 nitrogen and oxygen atoms in total. The molecule has 1 aromatic rings. The minimum absolute atomic E-state index is 0.0529. The molecule has 0 aliphatic rings. The molecule has 0 heterocycles. The van der Waals surface area contributed by atoms with E-state index in [1.807, 2.05) is 25.1 Å². The van der Waals surface area contributed by atoms with Crippen molar-refractivity contribution in [3.8, 4) is 5.75 Å². The summed E-state index contributed by atoms with van der Waals surface area (Å²) in [5.74, 6) is 0.568. The van der Waals surface area contributed by atoms with Gasteiger partial charge in [-0.05, 0) is 24.1 Å². The zero-order chi connectivity index (χ0) is 10.6. The van der Waals surface area contributed by atoms with Gasteiger partial charge in [-0.2, -0.15) is 0 Å². The largest absolute Gasteiger partial charge is 0.496 e. The van der Waals surface area contributed by atoms with Gasteiger partial charge in [0.05, 0.1) is 20.3 Å². The van der Waals surface area contributed by atoms with Gasteiger partial charge < -0.3 is 14.9 Å². The van der Waals surface area contributed by atoms with Gasteiger partial charge in [-0.25, -0.2) is 0 Å². The van der Waals surface area contributed by atoms with Crippen LogP contribution in [0, 0.1) is 6.92 Å². The van der Waals surface area contributed by atoms with Crippen molar-refractivity contribution in [2.45, 2.75) is 12.8 Å². The van der Waals surface area contributed by atoms with Crippen molar-refractivity contribution < 1.29 is 14.9 Å². The molecule has 0 radical (unpaired) electrons. The molecule has 0 aromatic heterocycles. The molecule has 0 saturated heterocycles. The Labute approximate surface area is 84.0 Å². The second kappa shape index (κ2) is 4.98. The highest BCUT2D eigenvalue weighted by molar-refractivity contribution is 5.38. The third-order valence-corrected chi connectivity index (χ3v) is 2.34. The SMILES string of the molecule is COc1cc(C(CO)CO)ccc1C. The first-order valence-corrected chi connectivity index (χ1v) is 4.59. The Bertz CT molecular complexity index is 293. The fourth-order valence-corrected chi connectivity index (χ4v) is 1.36. The second-order valence-electron chi connectivity index (χ2n) is 3.29. The molecule has 3 heteroatoms. The number of methoxy groups -OCH3 is 1. The van der Waals surface area contributed by atoms with Crippen LogP contribution in [-0.2, 0) is 0 Å². The molecule has 0 aliphatic heterocycles. The number of rotatable bonds is 4. The number of aryl methyl sites for hydroxylation is 1. The highest BCUT2D eigenvalue weighted by Crippen LogP contribution is 2.23. The van der Waals surface area contributed by atoms with Crippen molar-refractivity contribution in [2.75, 3.05) is 20.3 Å². The summed E-state index contributed by atoms with van der Waals surface area (Å²) in [5, 5.41) is 18.0. The van der Waals surface area contributed by atoms with Crippen molar-refractivity contribution in [2.24, 2.45) is 0 Å². The molecular weight excluding hydrogens is 180 g/mol. The van der Waals surface area contributed by atoms with Gasteiger partial charge in [-0.3, -0.25) is 0 Å². The zero-order valence-corrected chi connectivity index (χ0v) is 8.53. The molecule has 0 aliphatic carbocycles. The maximum atomic E-state index is 9.01. The zero-order valence-electron chi connectivity index (χ0n) is 8.53. The molecule has 2 N–H and O–H groups in total. The highest BCUT2D eigenvalue weighted by atomic mass is 16.5. The molecular formula is C11H16O3. The van der Waals surface area contributed by atoms with Crippen LogP contribution in [0.4, 0.5) is 0 Å². The number of aliphatic hydroxyl groups excluding tert-OH is 2. The number of benzene rings is 1. The van der Waals surface area contributed by atoms with Crippen LogP contribution in [0.1, 0.15) is 17.0 Å². The minimum Gasteiger partial charge on any atom is -0.496 e. The van der Waals surface area contributed by atoms with Gasteiger partial charge in [0, 0.05) is 5.92 Å². The van der Waals surface area contributed by atoms with Crippen molar-refractivity contribution >= 4 is 0 Å². The van der Waals surface area contributed by atoms with E-state index in [9.17, 15) is 0 Å². The van der Waals surface area contributed by atoms with Gasteiger partial charge in [-0.1, -0.05) is 12.1 Å². The van der Waals surface area contributed by atoms with Crippen molar-refractivity contribution in [3.05, 3.63) is 29.3 Å². The van der Waals surface area contributed by atoms with Crippen molar-refractivity contribution in [1.82, 2.24) is 0 Å². The summed E-state index contributed by atoms with van der Waals surface area (Å²) in [6.45, 7) is 1.85. The Hall–Kier alpha value is -1.06. The lowest BCUT2D eigenvalue weighted by molar-refractivity contribution is 0.192. The van der Waals surface area contributed by atoms with Crippen LogP contribution in [0.2, 0.25) is 0 Å². The maximum Gasteiger partial charge on any atom is 0.122 e. The molecule has 1 aromatic carbocycles. The first kappa shape index (κ1) is 11.0. The van der Waals surface area contributed by atoms with Crippen LogP contribution < -0.4 is 4.74 Å². The average Bonchev–Trinajstić information content (AvgIpc) is 2.22. The summed E-state index contributed by atoms with van der Waals surface area (Å²) in [7, 11) is 1.61. The average molecular weight is 196 g/mol. The number of hydrogen-bond donors (Lipinski definition) is 2. The molecule has 0 spiro atoms. The summed E-state index contributed by atoms with van der Waals surface area (Å²) >= 11 is 0. The smallest absolute Gasteiger partial charge is 0.122 e. The predicted octanol–water partition coefficient (Wildman–Crippen LogP) is 1.07. The predicted molar refractivity (Wildman–Crippen MR) is 54.6 cm³/mol. The van der Waals surface area contributed by atoms with E-state index in [1.165, 1.54) is 0 Å². The van der Waals surface area contributed by atoms with Crippen LogP contribution in [0.3, 0.4) is 0 Å².